The molecule has 136 valence electrons. The second-order valence-electron chi connectivity index (χ2n) is 6.94. The Balaban J connectivity index is 2.61. The molecule has 1 aliphatic rings. The molecule has 1 atom stereocenters. The third-order valence-electron chi connectivity index (χ3n) is 4.46. The van der Waals surface area contributed by atoms with E-state index in [0.717, 1.165) is 25.6 Å². The first kappa shape index (κ1) is 19.2. The summed E-state index contributed by atoms with van der Waals surface area (Å²) < 4.78 is 48.2. The molecule has 8 heteroatoms. The number of sulfone groups is 2. The van der Waals surface area contributed by atoms with Gasteiger partial charge in [0.2, 0.25) is 0 Å². The van der Waals surface area contributed by atoms with Gasteiger partial charge in [0.1, 0.15) is 0 Å². The minimum absolute atomic E-state index is 0.0295. The second-order valence-corrected chi connectivity index (χ2v) is 10.9. The van der Waals surface area contributed by atoms with E-state index in [4.69, 9.17) is 0 Å². The zero-order valence-electron chi connectivity index (χ0n) is 14.9. The second kappa shape index (κ2) is 6.65. The Bertz CT molecular complexity index is 816. The number of anilines is 1. The molecule has 1 fully saturated rings. The number of rotatable bonds is 4. The molecule has 0 amide bonds. The number of likely N-dealkylation sites (N-methyl/N-ethyl adjacent to an activating group) is 1. The monoisotopic (exact) mass is 374 g/mol. The fourth-order valence-corrected chi connectivity index (χ4v) is 4.71. The van der Waals surface area contributed by atoms with Gasteiger partial charge in [-0.05, 0) is 31.2 Å². The van der Waals surface area contributed by atoms with Crippen LogP contribution in [0.4, 0.5) is 5.69 Å². The Morgan fingerprint density at radius 1 is 1.04 bits per heavy atom. The molecular weight excluding hydrogens is 348 g/mol. The number of piperazine rings is 1. The van der Waals surface area contributed by atoms with Crippen molar-refractivity contribution < 1.29 is 16.8 Å². The molecule has 2 rings (SSSR count). The van der Waals surface area contributed by atoms with E-state index in [-0.39, 0.29) is 15.8 Å². The average molecular weight is 375 g/mol. The van der Waals surface area contributed by atoms with Crippen molar-refractivity contribution in [3.8, 4) is 0 Å². The molecular formula is C16H26N2O4S2. The zero-order valence-corrected chi connectivity index (χ0v) is 16.5. The van der Waals surface area contributed by atoms with Crippen LogP contribution in [0.5, 0.6) is 0 Å². The summed E-state index contributed by atoms with van der Waals surface area (Å²) in [6.07, 6.45) is 2.21. The first-order valence-corrected chi connectivity index (χ1v) is 11.7. The van der Waals surface area contributed by atoms with E-state index in [1.807, 2.05) is 0 Å². The van der Waals surface area contributed by atoms with Gasteiger partial charge in [-0.3, -0.25) is 0 Å². The van der Waals surface area contributed by atoms with Crippen molar-refractivity contribution in [1.29, 1.82) is 0 Å². The average Bonchev–Trinajstić information content (AvgIpc) is 2.44. The third kappa shape index (κ3) is 4.10. The highest BCUT2D eigenvalue weighted by Crippen LogP contribution is 2.32. The molecule has 0 aliphatic carbocycles. The van der Waals surface area contributed by atoms with E-state index in [1.165, 1.54) is 12.1 Å². The highest BCUT2D eigenvalue weighted by atomic mass is 32.2. The SMILES string of the molecule is CC(C)C1CN(C)CCN1c1ccc(S(C)(=O)=O)cc1S(C)(=O)=O. The quantitative estimate of drug-likeness (QED) is 0.790. The van der Waals surface area contributed by atoms with E-state index in [1.54, 1.807) is 6.07 Å². The van der Waals surface area contributed by atoms with Gasteiger partial charge in [-0.25, -0.2) is 16.8 Å². The van der Waals surface area contributed by atoms with Crippen LogP contribution >= 0.6 is 0 Å². The summed E-state index contributed by atoms with van der Waals surface area (Å²) in [5, 5.41) is 0. The van der Waals surface area contributed by atoms with Gasteiger partial charge in [0.25, 0.3) is 0 Å². The number of nitrogens with zero attached hydrogens (tertiary/aromatic N) is 2. The summed E-state index contributed by atoms with van der Waals surface area (Å²) >= 11 is 0. The van der Waals surface area contributed by atoms with Crippen molar-refractivity contribution in [2.24, 2.45) is 5.92 Å². The fraction of sp³-hybridized carbons (Fsp3) is 0.625. The highest BCUT2D eigenvalue weighted by molar-refractivity contribution is 7.91. The summed E-state index contributed by atoms with van der Waals surface area (Å²) in [7, 11) is -4.96. The Morgan fingerprint density at radius 3 is 2.17 bits per heavy atom. The molecule has 6 nitrogen and oxygen atoms in total. The molecule has 0 aromatic heterocycles. The summed E-state index contributed by atoms with van der Waals surface area (Å²) in [5.74, 6) is 0.342. The lowest BCUT2D eigenvalue weighted by molar-refractivity contribution is 0.236. The van der Waals surface area contributed by atoms with Gasteiger partial charge in [-0.15, -0.1) is 0 Å². The Kier molecular flexibility index (Phi) is 5.32. The summed E-state index contributed by atoms with van der Waals surface area (Å²) in [5.41, 5.74) is 0.594. The maximum Gasteiger partial charge on any atom is 0.177 e. The first-order chi connectivity index (χ1) is 10.9. The van der Waals surface area contributed by atoms with E-state index in [9.17, 15) is 16.8 Å². The summed E-state index contributed by atoms with van der Waals surface area (Å²) in [6, 6.07) is 4.59. The van der Waals surface area contributed by atoms with Crippen molar-refractivity contribution in [3.05, 3.63) is 18.2 Å². The predicted octanol–water partition coefficient (Wildman–Crippen LogP) is 1.27. The molecule has 1 aliphatic heterocycles. The van der Waals surface area contributed by atoms with E-state index >= 15 is 0 Å². The van der Waals surface area contributed by atoms with Crippen LogP contribution in [0, 0.1) is 5.92 Å². The Hall–Kier alpha value is -1.12. The Morgan fingerprint density at radius 2 is 1.67 bits per heavy atom. The van der Waals surface area contributed by atoms with Crippen molar-refractivity contribution in [3.63, 3.8) is 0 Å². The maximum atomic E-state index is 12.3. The lowest BCUT2D eigenvalue weighted by Crippen LogP contribution is -2.54. The molecule has 0 saturated carbocycles. The van der Waals surface area contributed by atoms with Crippen LogP contribution in [0.15, 0.2) is 28.0 Å². The number of hydrogen-bond acceptors (Lipinski definition) is 6. The minimum Gasteiger partial charge on any atom is -0.365 e. The zero-order chi connectivity index (χ0) is 18.3. The van der Waals surface area contributed by atoms with E-state index in [0.29, 0.717) is 18.2 Å². The van der Waals surface area contributed by atoms with Gasteiger partial charge in [-0.2, -0.15) is 0 Å². The van der Waals surface area contributed by atoms with Gasteiger partial charge < -0.3 is 9.80 Å². The lowest BCUT2D eigenvalue weighted by atomic mass is 9.99. The highest BCUT2D eigenvalue weighted by Gasteiger charge is 2.31. The van der Waals surface area contributed by atoms with Crippen LogP contribution < -0.4 is 4.90 Å². The molecule has 1 unspecified atom stereocenters. The smallest absolute Gasteiger partial charge is 0.177 e. The Labute approximate surface area is 145 Å². The fourth-order valence-electron chi connectivity index (χ4n) is 3.08. The molecule has 1 aromatic carbocycles. The normalized spacial score (nSPS) is 20.6. The molecule has 0 spiro atoms. The van der Waals surface area contributed by atoms with Crippen molar-refractivity contribution in [2.45, 2.75) is 29.7 Å². The molecule has 1 aromatic rings. The molecule has 1 heterocycles. The largest absolute Gasteiger partial charge is 0.365 e. The number of hydrogen-bond donors (Lipinski definition) is 0. The van der Waals surface area contributed by atoms with Crippen LogP contribution in [-0.4, -0.2) is 67.0 Å². The topological polar surface area (TPSA) is 74.8 Å². The molecule has 1 saturated heterocycles. The van der Waals surface area contributed by atoms with Crippen molar-refractivity contribution in [1.82, 2.24) is 4.90 Å². The molecule has 0 radical (unpaired) electrons. The van der Waals surface area contributed by atoms with Gasteiger partial charge in [0.05, 0.1) is 15.5 Å². The van der Waals surface area contributed by atoms with Gasteiger partial charge in [-0.1, -0.05) is 13.8 Å². The van der Waals surface area contributed by atoms with Gasteiger partial charge >= 0.3 is 0 Å². The van der Waals surface area contributed by atoms with Crippen LogP contribution in [-0.2, 0) is 19.7 Å². The van der Waals surface area contributed by atoms with E-state index in [2.05, 4.69) is 30.7 Å². The first-order valence-electron chi connectivity index (χ1n) is 7.90. The maximum absolute atomic E-state index is 12.3. The van der Waals surface area contributed by atoms with Crippen LogP contribution in [0.3, 0.4) is 0 Å². The lowest BCUT2D eigenvalue weighted by Gasteiger charge is -2.44. The summed E-state index contributed by atoms with van der Waals surface area (Å²) in [6.45, 7) is 6.61. The van der Waals surface area contributed by atoms with Crippen LogP contribution in [0.25, 0.3) is 0 Å². The predicted molar refractivity (Wildman–Crippen MR) is 96.1 cm³/mol. The van der Waals surface area contributed by atoms with Crippen molar-refractivity contribution >= 4 is 25.4 Å². The van der Waals surface area contributed by atoms with Gasteiger partial charge in [0.15, 0.2) is 19.7 Å². The molecule has 0 N–H and O–H groups in total. The molecule has 24 heavy (non-hydrogen) atoms. The molecule has 0 bridgehead atoms. The minimum atomic E-state index is -3.55. The number of benzene rings is 1. The summed E-state index contributed by atoms with van der Waals surface area (Å²) in [4.78, 5) is 4.45. The van der Waals surface area contributed by atoms with Crippen LogP contribution in [0.2, 0.25) is 0 Å². The van der Waals surface area contributed by atoms with E-state index < -0.39 is 19.7 Å². The third-order valence-corrected chi connectivity index (χ3v) is 6.70. The van der Waals surface area contributed by atoms with Gasteiger partial charge in [0, 0.05) is 38.2 Å². The standard InChI is InChI=1S/C16H26N2O4S2/c1-12(2)15-11-17(3)8-9-18(15)14-7-6-13(23(4,19)20)10-16(14)24(5,21)22/h6-7,10,12,15H,8-9,11H2,1-5H3. The van der Waals surface area contributed by atoms with Crippen molar-refractivity contribution in [2.75, 3.05) is 44.1 Å². The van der Waals surface area contributed by atoms with Crippen LogP contribution in [0.1, 0.15) is 13.8 Å².